The van der Waals surface area contributed by atoms with Gasteiger partial charge >= 0.3 is 5.91 Å². The molecular weight excluding hydrogens is 504 g/mol. The van der Waals surface area contributed by atoms with Crippen molar-refractivity contribution >= 4 is 23.9 Å². The van der Waals surface area contributed by atoms with Gasteiger partial charge in [-0.25, -0.2) is 4.79 Å². The molecule has 1 unspecified atom stereocenters. The lowest BCUT2D eigenvalue weighted by atomic mass is 9.85. The number of carbonyl (C=O) groups excluding carboxylic acids is 3. The van der Waals surface area contributed by atoms with Crippen LogP contribution in [0.1, 0.15) is 98.0 Å². The van der Waals surface area contributed by atoms with E-state index in [2.05, 4.69) is 18.8 Å². The molecular formula is C32H52N4O4. The molecule has 40 heavy (non-hydrogen) atoms. The van der Waals surface area contributed by atoms with Gasteiger partial charge in [0.25, 0.3) is 0 Å². The van der Waals surface area contributed by atoms with E-state index in [1.54, 1.807) is 6.21 Å². The number of quaternary nitrogens is 1. The van der Waals surface area contributed by atoms with Crippen LogP contribution in [0.4, 0.5) is 0 Å². The van der Waals surface area contributed by atoms with Crippen molar-refractivity contribution in [3.63, 3.8) is 0 Å². The molecule has 4 atom stereocenters. The SMILES string of the molecule is CCC[C@@H](C(=O)[NH+]([O-])[C@H](C=NCC(C)C)CC1CCCCC1)N(C(=O)CC(C)C)C(=O)[C@@H](N)Cc1ccccc1. The fourth-order valence-electron chi connectivity index (χ4n) is 5.45. The van der Waals surface area contributed by atoms with Gasteiger partial charge in [0.15, 0.2) is 6.04 Å². The molecule has 1 aromatic rings. The second-order valence-electron chi connectivity index (χ2n) is 12.3. The predicted molar refractivity (Wildman–Crippen MR) is 161 cm³/mol. The number of rotatable bonds is 15. The summed E-state index contributed by atoms with van der Waals surface area (Å²) in [5.41, 5.74) is 7.21. The van der Waals surface area contributed by atoms with Gasteiger partial charge in [0.1, 0.15) is 6.04 Å². The van der Waals surface area contributed by atoms with E-state index in [-0.39, 0.29) is 25.2 Å². The Morgan fingerprint density at radius 3 is 2.30 bits per heavy atom. The Morgan fingerprint density at radius 2 is 1.73 bits per heavy atom. The highest BCUT2D eigenvalue weighted by Crippen LogP contribution is 2.27. The molecule has 1 aliphatic carbocycles. The van der Waals surface area contributed by atoms with Gasteiger partial charge in [-0.1, -0.05) is 103 Å². The molecule has 224 valence electrons. The maximum Gasteiger partial charge on any atom is 0.335 e. The molecule has 1 aromatic carbocycles. The quantitative estimate of drug-likeness (QED) is 0.249. The van der Waals surface area contributed by atoms with E-state index < -0.39 is 40.9 Å². The number of hydrogen-bond donors (Lipinski definition) is 2. The van der Waals surface area contributed by atoms with Gasteiger partial charge in [-0.15, -0.1) is 0 Å². The minimum atomic E-state index is -1.16. The smallest absolute Gasteiger partial charge is 0.335 e. The van der Waals surface area contributed by atoms with Crippen molar-refractivity contribution in [2.45, 2.75) is 117 Å². The summed E-state index contributed by atoms with van der Waals surface area (Å²) in [6.07, 6.45) is 8.85. The van der Waals surface area contributed by atoms with Gasteiger partial charge in [-0.3, -0.25) is 19.5 Å². The fraction of sp³-hybridized carbons (Fsp3) is 0.688. The Balaban J connectivity index is 2.37. The maximum atomic E-state index is 13.9. The minimum absolute atomic E-state index is 0.0246. The highest BCUT2D eigenvalue weighted by atomic mass is 16.5. The lowest BCUT2D eigenvalue weighted by molar-refractivity contribution is -0.783. The zero-order valence-electron chi connectivity index (χ0n) is 25.3. The number of nitrogens with one attached hydrogen (secondary N) is 1. The van der Waals surface area contributed by atoms with E-state index in [4.69, 9.17) is 5.73 Å². The Hall–Kier alpha value is -2.42. The maximum absolute atomic E-state index is 13.9. The Kier molecular flexibility index (Phi) is 14.7. The van der Waals surface area contributed by atoms with E-state index in [0.29, 0.717) is 31.2 Å². The lowest BCUT2D eigenvalue weighted by Gasteiger charge is -2.36. The number of nitrogens with zero attached hydrogens (tertiary/aromatic N) is 2. The summed E-state index contributed by atoms with van der Waals surface area (Å²) in [6, 6.07) is 6.54. The zero-order valence-corrected chi connectivity index (χ0v) is 25.3. The summed E-state index contributed by atoms with van der Waals surface area (Å²) in [6.45, 7) is 10.3. The molecule has 1 saturated carbocycles. The Morgan fingerprint density at radius 1 is 1.07 bits per heavy atom. The van der Waals surface area contributed by atoms with Crippen LogP contribution in [0, 0.1) is 23.0 Å². The van der Waals surface area contributed by atoms with Gasteiger partial charge in [0, 0.05) is 19.4 Å². The topological polar surface area (TPSA) is 120 Å². The number of benzene rings is 1. The summed E-state index contributed by atoms with van der Waals surface area (Å²) in [5.74, 6) is -1.07. The van der Waals surface area contributed by atoms with E-state index in [0.717, 1.165) is 36.1 Å². The average Bonchev–Trinajstić information content (AvgIpc) is 2.91. The summed E-state index contributed by atoms with van der Waals surface area (Å²) >= 11 is 0. The number of aliphatic imine (C=N–C) groups is 1. The van der Waals surface area contributed by atoms with Crippen LogP contribution in [-0.4, -0.2) is 53.5 Å². The second-order valence-corrected chi connectivity index (χ2v) is 12.3. The van der Waals surface area contributed by atoms with Gasteiger partial charge in [0.2, 0.25) is 11.8 Å². The van der Waals surface area contributed by atoms with Crippen molar-refractivity contribution in [2.75, 3.05) is 6.54 Å². The van der Waals surface area contributed by atoms with Crippen LogP contribution in [0.25, 0.3) is 0 Å². The van der Waals surface area contributed by atoms with Crippen LogP contribution in [-0.2, 0) is 20.8 Å². The van der Waals surface area contributed by atoms with E-state index in [1.165, 1.54) is 6.42 Å². The minimum Gasteiger partial charge on any atom is -0.626 e. The fourth-order valence-corrected chi connectivity index (χ4v) is 5.45. The molecule has 0 heterocycles. The number of imide groups is 1. The normalized spacial score (nSPS) is 17.6. The molecule has 1 aliphatic rings. The van der Waals surface area contributed by atoms with E-state index >= 15 is 0 Å². The lowest BCUT2D eigenvalue weighted by Crippen LogP contribution is -3.16. The first-order valence-electron chi connectivity index (χ1n) is 15.3. The summed E-state index contributed by atoms with van der Waals surface area (Å²) < 4.78 is 0. The number of hydroxylamine groups is 2. The summed E-state index contributed by atoms with van der Waals surface area (Å²) in [7, 11) is 0. The van der Waals surface area contributed by atoms with Crippen LogP contribution in [0.3, 0.4) is 0 Å². The van der Waals surface area contributed by atoms with Crippen molar-refractivity contribution in [1.82, 2.24) is 4.90 Å². The third kappa shape index (κ3) is 10.9. The molecule has 8 nitrogen and oxygen atoms in total. The first kappa shape index (κ1) is 33.8. The highest BCUT2D eigenvalue weighted by Gasteiger charge is 2.41. The molecule has 0 aliphatic heterocycles. The van der Waals surface area contributed by atoms with Crippen LogP contribution in [0.15, 0.2) is 35.3 Å². The van der Waals surface area contributed by atoms with Gasteiger partial charge < -0.3 is 16.0 Å². The van der Waals surface area contributed by atoms with Crippen LogP contribution in [0.5, 0.6) is 0 Å². The van der Waals surface area contributed by atoms with Crippen molar-refractivity contribution < 1.29 is 19.4 Å². The van der Waals surface area contributed by atoms with E-state index in [1.807, 2.05) is 51.1 Å². The van der Waals surface area contributed by atoms with Crippen molar-refractivity contribution in [2.24, 2.45) is 28.5 Å². The molecule has 0 radical (unpaired) electrons. The first-order valence-corrected chi connectivity index (χ1v) is 15.3. The van der Waals surface area contributed by atoms with Crippen molar-refractivity contribution in [3.8, 4) is 0 Å². The molecule has 8 heteroatoms. The Bertz CT molecular complexity index is 943. The predicted octanol–water partition coefficient (Wildman–Crippen LogP) is 4.10. The molecule has 3 amide bonds. The van der Waals surface area contributed by atoms with Gasteiger partial charge in [0.05, 0.1) is 12.3 Å². The first-order chi connectivity index (χ1) is 19.0. The summed E-state index contributed by atoms with van der Waals surface area (Å²) in [5, 5.41) is 13.3. The molecule has 2 rings (SSSR count). The number of hydrogen-bond acceptors (Lipinski definition) is 6. The highest BCUT2D eigenvalue weighted by molar-refractivity contribution is 6.01. The second kappa shape index (κ2) is 17.4. The summed E-state index contributed by atoms with van der Waals surface area (Å²) in [4.78, 5) is 46.7. The third-order valence-electron chi connectivity index (χ3n) is 7.53. The van der Waals surface area contributed by atoms with Gasteiger partial charge in [-0.2, -0.15) is 0 Å². The van der Waals surface area contributed by atoms with Crippen LogP contribution >= 0.6 is 0 Å². The Labute approximate surface area is 241 Å². The number of nitrogens with two attached hydrogens (primary N) is 1. The van der Waals surface area contributed by atoms with Crippen molar-refractivity contribution in [3.05, 3.63) is 41.1 Å². The molecule has 0 bridgehead atoms. The van der Waals surface area contributed by atoms with Crippen molar-refractivity contribution in [1.29, 1.82) is 0 Å². The largest absolute Gasteiger partial charge is 0.626 e. The molecule has 0 spiro atoms. The van der Waals surface area contributed by atoms with Crippen LogP contribution in [0.2, 0.25) is 0 Å². The monoisotopic (exact) mass is 556 g/mol. The molecule has 0 saturated heterocycles. The molecule has 0 aromatic heterocycles. The standard InChI is InChI=1S/C32H52N4O4/c1-6-13-29(32(39)36(40)27(22-34-21-24(4)5)19-25-14-9-7-10-15-25)35(30(37)18-23(2)3)31(38)28(33)20-26-16-11-8-12-17-26/h8,11-12,16-17,22-25,27-29,36H,6-7,9-10,13-15,18-21,33H2,1-5H3/t27-,28-,29-/m0/s1. The number of carbonyl (C=O) groups is 3. The van der Waals surface area contributed by atoms with Crippen LogP contribution < -0.4 is 10.8 Å². The molecule has 1 fully saturated rings. The zero-order chi connectivity index (χ0) is 29.7. The number of amides is 3. The van der Waals surface area contributed by atoms with E-state index in [9.17, 15) is 19.6 Å². The third-order valence-corrected chi connectivity index (χ3v) is 7.53. The average molecular weight is 557 g/mol. The molecule has 3 N–H and O–H groups in total. The van der Waals surface area contributed by atoms with Gasteiger partial charge in [-0.05, 0) is 36.2 Å².